The molecule has 1 fully saturated rings. The van der Waals surface area contributed by atoms with Crippen molar-refractivity contribution in [3.05, 3.63) is 36.8 Å². The molecule has 0 unspecified atom stereocenters. The summed E-state index contributed by atoms with van der Waals surface area (Å²) in [6, 6.07) is 5.87. The van der Waals surface area contributed by atoms with Gasteiger partial charge in [0, 0.05) is 31.0 Å². The van der Waals surface area contributed by atoms with Crippen molar-refractivity contribution in [3.8, 4) is 17.1 Å². The van der Waals surface area contributed by atoms with E-state index in [1.165, 1.54) is 0 Å². The maximum Gasteiger partial charge on any atom is 0.223 e. The van der Waals surface area contributed by atoms with E-state index in [2.05, 4.69) is 43.1 Å². The van der Waals surface area contributed by atoms with Gasteiger partial charge >= 0.3 is 0 Å². The second-order valence-electron chi connectivity index (χ2n) is 8.48. The smallest absolute Gasteiger partial charge is 0.223 e. The van der Waals surface area contributed by atoms with Crippen molar-refractivity contribution < 1.29 is 9.47 Å². The average Bonchev–Trinajstić information content (AvgIpc) is 3.23. The molecular weight excluding hydrogens is 366 g/mol. The lowest BCUT2D eigenvalue weighted by atomic mass is 10.1. The summed E-state index contributed by atoms with van der Waals surface area (Å²) in [5.74, 6) is 0.580. The molecule has 4 rings (SSSR count). The molecule has 0 saturated carbocycles. The molecule has 1 aliphatic heterocycles. The van der Waals surface area contributed by atoms with Gasteiger partial charge in [-0.2, -0.15) is 5.10 Å². The molecule has 0 spiro atoms. The van der Waals surface area contributed by atoms with Crippen LogP contribution in [0.3, 0.4) is 0 Å². The third-order valence-corrected chi connectivity index (χ3v) is 5.12. The predicted octanol–water partition coefficient (Wildman–Crippen LogP) is 3.39. The van der Waals surface area contributed by atoms with Gasteiger partial charge < -0.3 is 14.8 Å². The van der Waals surface area contributed by atoms with E-state index >= 15 is 0 Å². The minimum Gasteiger partial charge on any atom is -0.474 e. The first-order valence-corrected chi connectivity index (χ1v) is 10.2. The standard InChI is InChI=1S/C22H29N5O2/c1-5-16-11-23-12-17(29-16)14-28-21-18-7-6-8-24-20(18)9-19(26-21)15-10-25-27(13-15)22(2,3)4/h6-10,13,16-17,23H,5,11-12,14H2,1-4H3/t16-,17-/m0/s1. The zero-order valence-electron chi connectivity index (χ0n) is 17.6. The van der Waals surface area contributed by atoms with Crippen LogP contribution in [0.25, 0.3) is 22.2 Å². The number of ether oxygens (including phenoxy) is 2. The van der Waals surface area contributed by atoms with E-state index in [0.717, 1.165) is 41.7 Å². The third-order valence-electron chi connectivity index (χ3n) is 5.12. The second kappa shape index (κ2) is 8.08. The molecule has 1 aliphatic rings. The first-order chi connectivity index (χ1) is 13.9. The lowest BCUT2D eigenvalue weighted by Crippen LogP contribution is -2.46. The largest absolute Gasteiger partial charge is 0.474 e. The molecule has 4 heterocycles. The molecule has 1 N–H and O–H groups in total. The number of hydrogen-bond acceptors (Lipinski definition) is 6. The van der Waals surface area contributed by atoms with Gasteiger partial charge in [0.2, 0.25) is 5.88 Å². The van der Waals surface area contributed by atoms with Crippen molar-refractivity contribution in [1.82, 2.24) is 25.1 Å². The van der Waals surface area contributed by atoms with Crippen LogP contribution in [-0.2, 0) is 10.3 Å². The molecule has 0 bridgehead atoms. The third kappa shape index (κ3) is 4.41. The highest BCUT2D eigenvalue weighted by Crippen LogP contribution is 2.29. The molecule has 1 saturated heterocycles. The number of nitrogens with one attached hydrogen (secondary N) is 1. The van der Waals surface area contributed by atoms with E-state index in [-0.39, 0.29) is 17.7 Å². The summed E-state index contributed by atoms with van der Waals surface area (Å²) in [7, 11) is 0. The van der Waals surface area contributed by atoms with Crippen LogP contribution in [0.1, 0.15) is 34.1 Å². The van der Waals surface area contributed by atoms with E-state index in [4.69, 9.17) is 14.5 Å². The molecule has 2 atom stereocenters. The number of aromatic nitrogens is 4. The molecule has 3 aromatic rings. The monoisotopic (exact) mass is 395 g/mol. The van der Waals surface area contributed by atoms with Crippen molar-refractivity contribution in [3.63, 3.8) is 0 Å². The van der Waals surface area contributed by atoms with Crippen molar-refractivity contribution >= 4 is 10.9 Å². The van der Waals surface area contributed by atoms with Crippen LogP contribution in [0.2, 0.25) is 0 Å². The number of nitrogens with zero attached hydrogens (tertiary/aromatic N) is 4. The molecular formula is C22H29N5O2. The lowest BCUT2D eigenvalue weighted by molar-refractivity contribution is -0.0569. The fraction of sp³-hybridized carbons (Fsp3) is 0.500. The van der Waals surface area contributed by atoms with Gasteiger partial charge in [-0.3, -0.25) is 9.67 Å². The highest BCUT2D eigenvalue weighted by atomic mass is 16.5. The van der Waals surface area contributed by atoms with Crippen molar-refractivity contribution in [2.75, 3.05) is 19.7 Å². The van der Waals surface area contributed by atoms with Crippen LogP contribution in [0.4, 0.5) is 0 Å². The normalized spacial score (nSPS) is 20.1. The Labute approximate surface area is 171 Å². The lowest BCUT2D eigenvalue weighted by Gasteiger charge is -2.30. The van der Waals surface area contributed by atoms with Crippen LogP contribution < -0.4 is 10.1 Å². The van der Waals surface area contributed by atoms with Crippen molar-refractivity contribution in [2.24, 2.45) is 0 Å². The van der Waals surface area contributed by atoms with Crippen LogP contribution in [0, 0.1) is 0 Å². The molecule has 0 amide bonds. The van der Waals surface area contributed by atoms with Gasteiger partial charge in [-0.25, -0.2) is 4.98 Å². The van der Waals surface area contributed by atoms with Crippen LogP contribution in [-0.4, -0.2) is 51.7 Å². The molecule has 0 aliphatic carbocycles. The van der Waals surface area contributed by atoms with Crippen molar-refractivity contribution in [2.45, 2.75) is 51.9 Å². The Kier molecular flexibility index (Phi) is 5.52. The second-order valence-corrected chi connectivity index (χ2v) is 8.48. The Morgan fingerprint density at radius 2 is 2.10 bits per heavy atom. The quantitative estimate of drug-likeness (QED) is 0.714. The zero-order chi connectivity index (χ0) is 20.4. The van der Waals surface area contributed by atoms with E-state index in [0.29, 0.717) is 12.5 Å². The number of fused-ring (bicyclic) bond motifs is 1. The fourth-order valence-electron chi connectivity index (χ4n) is 3.41. The topological polar surface area (TPSA) is 74.1 Å². The summed E-state index contributed by atoms with van der Waals surface area (Å²) < 4.78 is 14.2. The Balaban J connectivity index is 1.62. The van der Waals surface area contributed by atoms with Gasteiger partial charge in [-0.1, -0.05) is 6.92 Å². The molecule has 0 radical (unpaired) electrons. The summed E-state index contributed by atoms with van der Waals surface area (Å²) in [6.45, 7) is 10.6. The highest BCUT2D eigenvalue weighted by Gasteiger charge is 2.22. The van der Waals surface area contributed by atoms with Gasteiger partial charge in [-0.15, -0.1) is 0 Å². The predicted molar refractivity (Wildman–Crippen MR) is 113 cm³/mol. The number of rotatable bonds is 5. The summed E-state index contributed by atoms with van der Waals surface area (Å²) in [5.41, 5.74) is 2.51. The van der Waals surface area contributed by atoms with Gasteiger partial charge in [0.05, 0.1) is 34.4 Å². The van der Waals surface area contributed by atoms with Gasteiger partial charge in [0.15, 0.2) is 0 Å². The van der Waals surface area contributed by atoms with Gasteiger partial charge in [-0.05, 0) is 45.4 Å². The molecule has 7 heteroatoms. The Hall–Kier alpha value is -2.51. The SMILES string of the molecule is CC[C@H]1CNC[C@@H](COc2nc(-c3cnn(C(C)(C)C)c3)cc3ncccc23)O1. The van der Waals surface area contributed by atoms with E-state index in [1.807, 2.05) is 35.3 Å². The first-order valence-electron chi connectivity index (χ1n) is 10.2. The van der Waals surface area contributed by atoms with Gasteiger partial charge in [0.25, 0.3) is 0 Å². The summed E-state index contributed by atoms with van der Waals surface area (Å²) in [4.78, 5) is 9.31. The molecule has 154 valence electrons. The molecule has 3 aromatic heterocycles. The minimum atomic E-state index is -0.0895. The number of pyridine rings is 2. The Morgan fingerprint density at radius 1 is 1.28 bits per heavy atom. The maximum atomic E-state index is 6.14. The fourth-order valence-corrected chi connectivity index (χ4v) is 3.41. The van der Waals surface area contributed by atoms with E-state index < -0.39 is 0 Å². The summed E-state index contributed by atoms with van der Waals surface area (Å²) >= 11 is 0. The number of morpholine rings is 1. The van der Waals surface area contributed by atoms with Crippen molar-refractivity contribution in [1.29, 1.82) is 0 Å². The van der Waals surface area contributed by atoms with Crippen LogP contribution in [0.15, 0.2) is 36.8 Å². The van der Waals surface area contributed by atoms with Crippen LogP contribution in [0.5, 0.6) is 5.88 Å². The Bertz CT molecular complexity index is 979. The zero-order valence-corrected chi connectivity index (χ0v) is 17.6. The molecule has 29 heavy (non-hydrogen) atoms. The molecule has 7 nitrogen and oxygen atoms in total. The highest BCUT2D eigenvalue weighted by molar-refractivity contribution is 5.86. The number of hydrogen-bond donors (Lipinski definition) is 1. The summed E-state index contributed by atoms with van der Waals surface area (Å²) in [6.07, 6.45) is 6.87. The minimum absolute atomic E-state index is 0.00881. The Morgan fingerprint density at radius 3 is 2.86 bits per heavy atom. The average molecular weight is 396 g/mol. The van der Waals surface area contributed by atoms with Crippen LogP contribution >= 0.6 is 0 Å². The van der Waals surface area contributed by atoms with Gasteiger partial charge in [0.1, 0.15) is 12.7 Å². The van der Waals surface area contributed by atoms with E-state index in [1.54, 1.807) is 6.20 Å². The first kappa shape index (κ1) is 19.8. The molecule has 0 aromatic carbocycles. The summed E-state index contributed by atoms with van der Waals surface area (Å²) in [5, 5.41) is 8.81. The van der Waals surface area contributed by atoms with E-state index in [9.17, 15) is 0 Å². The maximum absolute atomic E-state index is 6.14.